The molecule has 6 heteroatoms. The Morgan fingerprint density at radius 3 is 2.60 bits per heavy atom. The first-order valence-electron chi connectivity index (χ1n) is 5.75. The van der Waals surface area contributed by atoms with Crippen LogP contribution >= 0.6 is 33.9 Å². The van der Waals surface area contributed by atoms with Crippen LogP contribution < -0.4 is 5.32 Å². The standard InChI is InChI=1S/C14H12INO3S/c1-8-3-4-9(14(18)19-2)5-11(8)16-13(17)10-6-12(15)20-7-10/h3-7H,1-2H3,(H,16,17). The zero-order chi connectivity index (χ0) is 14.7. The Balaban J connectivity index is 2.24. The Labute approximate surface area is 134 Å². The molecule has 0 bridgehead atoms. The molecule has 0 spiro atoms. The highest BCUT2D eigenvalue weighted by Gasteiger charge is 2.12. The number of hydrogen-bond acceptors (Lipinski definition) is 4. The molecule has 1 heterocycles. The lowest BCUT2D eigenvalue weighted by atomic mass is 10.1. The third-order valence-corrected chi connectivity index (χ3v) is 4.53. The number of aryl methyl sites for hydroxylation is 1. The van der Waals surface area contributed by atoms with Crippen LogP contribution in [0.4, 0.5) is 5.69 Å². The van der Waals surface area contributed by atoms with Gasteiger partial charge in [0.1, 0.15) is 0 Å². The van der Waals surface area contributed by atoms with E-state index in [9.17, 15) is 9.59 Å². The minimum atomic E-state index is -0.425. The van der Waals surface area contributed by atoms with Gasteiger partial charge in [-0.1, -0.05) is 6.07 Å². The monoisotopic (exact) mass is 401 g/mol. The van der Waals surface area contributed by atoms with E-state index in [2.05, 4.69) is 32.6 Å². The fraction of sp³-hybridized carbons (Fsp3) is 0.143. The van der Waals surface area contributed by atoms with Crippen LogP contribution in [-0.4, -0.2) is 19.0 Å². The summed E-state index contributed by atoms with van der Waals surface area (Å²) in [5, 5.41) is 4.62. The number of rotatable bonds is 3. The molecule has 0 fully saturated rings. The molecule has 0 aliphatic heterocycles. The molecule has 0 atom stereocenters. The van der Waals surface area contributed by atoms with Gasteiger partial charge in [-0.25, -0.2) is 4.79 Å². The van der Waals surface area contributed by atoms with Crippen molar-refractivity contribution < 1.29 is 14.3 Å². The van der Waals surface area contributed by atoms with Crippen molar-refractivity contribution in [3.05, 3.63) is 49.2 Å². The Morgan fingerprint density at radius 1 is 1.25 bits per heavy atom. The summed E-state index contributed by atoms with van der Waals surface area (Å²) in [7, 11) is 1.33. The highest BCUT2D eigenvalue weighted by molar-refractivity contribution is 14.1. The predicted molar refractivity (Wildman–Crippen MR) is 87.5 cm³/mol. The molecule has 20 heavy (non-hydrogen) atoms. The van der Waals surface area contributed by atoms with E-state index in [1.807, 2.05) is 13.0 Å². The molecular weight excluding hydrogens is 389 g/mol. The molecule has 1 amide bonds. The molecule has 104 valence electrons. The highest BCUT2D eigenvalue weighted by Crippen LogP contribution is 2.21. The lowest BCUT2D eigenvalue weighted by Crippen LogP contribution is -2.13. The van der Waals surface area contributed by atoms with Crippen LogP contribution in [0, 0.1) is 9.81 Å². The van der Waals surface area contributed by atoms with Gasteiger partial charge in [-0.2, -0.15) is 0 Å². The maximum atomic E-state index is 12.1. The van der Waals surface area contributed by atoms with Crippen molar-refractivity contribution in [2.75, 3.05) is 12.4 Å². The number of amides is 1. The number of halogens is 1. The molecule has 4 nitrogen and oxygen atoms in total. The van der Waals surface area contributed by atoms with Gasteiger partial charge in [-0.05, 0) is 53.3 Å². The Kier molecular flexibility index (Phi) is 4.77. The van der Waals surface area contributed by atoms with Gasteiger partial charge < -0.3 is 10.1 Å². The van der Waals surface area contributed by atoms with E-state index in [-0.39, 0.29) is 5.91 Å². The molecule has 2 rings (SSSR count). The first-order chi connectivity index (χ1) is 9.51. The summed E-state index contributed by atoms with van der Waals surface area (Å²) in [5.41, 5.74) is 2.52. The fourth-order valence-electron chi connectivity index (χ4n) is 1.63. The van der Waals surface area contributed by atoms with Crippen LogP contribution in [0.15, 0.2) is 29.6 Å². The summed E-state index contributed by atoms with van der Waals surface area (Å²) < 4.78 is 5.72. The van der Waals surface area contributed by atoms with Gasteiger partial charge in [0.15, 0.2) is 0 Å². The van der Waals surface area contributed by atoms with Gasteiger partial charge in [0.25, 0.3) is 5.91 Å². The quantitative estimate of drug-likeness (QED) is 0.631. The smallest absolute Gasteiger partial charge is 0.337 e. The number of anilines is 1. The van der Waals surface area contributed by atoms with E-state index in [4.69, 9.17) is 0 Å². The van der Waals surface area contributed by atoms with Crippen LogP contribution in [-0.2, 0) is 4.74 Å². The number of benzene rings is 1. The van der Waals surface area contributed by atoms with Crippen molar-refractivity contribution in [1.29, 1.82) is 0 Å². The molecular formula is C14H12INO3S. The lowest BCUT2D eigenvalue weighted by Gasteiger charge is -2.09. The summed E-state index contributed by atoms with van der Waals surface area (Å²) in [6.45, 7) is 1.87. The number of nitrogens with one attached hydrogen (secondary N) is 1. The SMILES string of the molecule is COC(=O)c1ccc(C)c(NC(=O)c2csc(I)c2)c1. The van der Waals surface area contributed by atoms with Crippen molar-refractivity contribution in [2.24, 2.45) is 0 Å². The van der Waals surface area contributed by atoms with Crippen LogP contribution in [0.1, 0.15) is 26.3 Å². The van der Waals surface area contributed by atoms with Gasteiger partial charge in [-0.3, -0.25) is 4.79 Å². The second kappa shape index (κ2) is 6.36. The first kappa shape index (κ1) is 15.0. The van der Waals surface area contributed by atoms with Gasteiger partial charge in [0.05, 0.1) is 21.1 Å². The van der Waals surface area contributed by atoms with Crippen LogP contribution in [0.25, 0.3) is 0 Å². The van der Waals surface area contributed by atoms with E-state index >= 15 is 0 Å². The van der Waals surface area contributed by atoms with Gasteiger partial charge in [-0.15, -0.1) is 11.3 Å². The zero-order valence-corrected chi connectivity index (χ0v) is 13.9. The third kappa shape index (κ3) is 3.37. The number of carbonyl (C=O) groups is 2. The number of methoxy groups -OCH3 is 1. The van der Waals surface area contributed by atoms with Crippen molar-refractivity contribution in [3.63, 3.8) is 0 Å². The van der Waals surface area contributed by atoms with Crippen LogP contribution in [0.3, 0.4) is 0 Å². The van der Waals surface area contributed by atoms with E-state index in [0.717, 1.165) is 8.45 Å². The molecule has 1 N–H and O–H groups in total. The van der Waals surface area contributed by atoms with Crippen molar-refractivity contribution in [1.82, 2.24) is 0 Å². The second-order valence-electron chi connectivity index (χ2n) is 4.11. The summed E-state index contributed by atoms with van der Waals surface area (Å²) in [6.07, 6.45) is 0. The minimum absolute atomic E-state index is 0.186. The van der Waals surface area contributed by atoms with Crippen molar-refractivity contribution in [2.45, 2.75) is 6.92 Å². The molecule has 0 radical (unpaired) electrons. The number of esters is 1. The first-order valence-corrected chi connectivity index (χ1v) is 7.71. The molecule has 1 aromatic heterocycles. The summed E-state index contributed by atoms with van der Waals surface area (Å²) in [5.74, 6) is -0.611. The van der Waals surface area contributed by atoms with Crippen LogP contribution in [0.5, 0.6) is 0 Å². The maximum absolute atomic E-state index is 12.1. The van der Waals surface area contributed by atoms with Gasteiger partial charge in [0.2, 0.25) is 0 Å². The average Bonchev–Trinajstić information content (AvgIpc) is 2.87. The number of ether oxygens (including phenoxy) is 1. The van der Waals surface area contributed by atoms with Crippen molar-refractivity contribution in [3.8, 4) is 0 Å². The third-order valence-electron chi connectivity index (χ3n) is 2.74. The van der Waals surface area contributed by atoms with E-state index < -0.39 is 5.97 Å². The highest BCUT2D eigenvalue weighted by atomic mass is 127. The fourth-order valence-corrected chi connectivity index (χ4v) is 2.95. The molecule has 2 aromatic rings. The summed E-state index contributed by atoms with van der Waals surface area (Å²) >= 11 is 3.68. The summed E-state index contributed by atoms with van der Waals surface area (Å²) in [6, 6.07) is 6.89. The molecule has 1 aromatic carbocycles. The van der Waals surface area contributed by atoms with Crippen LogP contribution in [0.2, 0.25) is 0 Å². The number of carbonyl (C=O) groups excluding carboxylic acids is 2. The lowest BCUT2D eigenvalue weighted by molar-refractivity contribution is 0.0600. The molecule has 0 unspecified atom stereocenters. The van der Waals surface area contributed by atoms with Crippen molar-refractivity contribution >= 4 is 51.5 Å². The van der Waals surface area contributed by atoms with E-state index in [0.29, 0.717) is 16.8 Å². The topological polar surface area (TPSA) is 55.4 Å². The molecule has 0 saturated heterocycles. The van der Waals surface area contributed by atoms with E-state index in [1.165, 1.54) is 18.4 Å². The second-order valence-corrected chi connectivity index (χ2v) is 6.92. The number of thiophene rings is 1. The zero-order valence-electron chi connectivity index (χ0n) is 10.9. The normalized spacial score (nSPS) is 10.2. The number of hydrogen-bond donors (Lipinski definition) is 1. The Bertz CT molecular complexity index is 666. The Hall–Kier alpha value is -1.41. The van der Waals surface area contributed by atoms with Gasteiger partial charge >= 0.3 is 5.97 Å². The van der Waals surface area contributed by atoms with Gasteiger partial charge in [0, 0.05) is 11.1 Å². The minimum Gasteiger partial charge on any atom is -0.465 e. The molecule has 0 aliphatic carbocycles. The largest absolute Gasteiger partial charge is 0.465 e. The average molecular weight is 401 g/mol. The molecule has 0 aliphatic rings. The summed E-state index contributed by atoms with van der Waals surface area (Å²) in [4.78, 5) is 23.6. The molecule has 0 saturated carbocycles. The maximum Gasteiger partial charge on any atom is 0.337 e. The Morgan fingerprint density at radius 2 is 2.00 bits per heavy atom. The predicted octanol–water partition coefficient (Wildman–Crippen LogP) is 3.70. The van der Waals surface area contributed by atoms with E-state index in [1.54, 1.807) is 23.6 Å².